The van der Waals surface area contributed by atoms with Gasteiger partial charge in [0.15, 0.2) is 0 Å². The molecule has 3 atom stereocenters. The van der Waals surface area contributed by atoms with Gasteiger partial charge in [-0.3, -0.25) is 4.79 Å². The van der Waals surface area contributed by atoms with Crippen molar-refractivity contribution < 1.29 is 9.53 Å². The van der Waals surface area contributed by atoms with Gasteiger partial charge in [0.25, 0.3) is 0 Å². The van der Waals surface area contributed by atoms with E-state index in [2.05, 4.69) is 21.2 Å². The van der Waals surface area contributed by atoms with Crippen molar-refractivity contribution in [2.45, 2.75) is 30.5 Å². The number of hydrogen-bond acceptors (Lipinski definition) is 2. The molecule has 0 spiro atoms. The maximum absolute atomic E-state index is 11.7. The van der Waals surface area contributed by atoms with Gasteiger partial charge in [0.2, 0.25) is 5.91 Å². The molecule has 0 bridgehead atoms. The van der Waals surface area contributed by atoms with Crippen LogP contribution in [0.1, 0.15) is 25.7 Å². The second-order valence-corrected chi connectivity index (χ2v) is 5.88. The highest BCUT2D eigenvalue weighted by Gasteiger charge is 2.26. The molecular formula is C11H18BrNO2. The topological polar surface area (TPSA) is 38.3 Å². The van der Waals surface area contributed by atoms with E-state index in [9.17, 15) is 4.79 Å². The molecule has 0 aromatic heterocycles. The van der Waals surface area contributed by atoms with Gasteiger partial charge >= 0.3 is 0 Å². The van der Waals surface area contributed by atoms with E-state index < -0.39 is 0 Å². The standard InChI is InChI=1S/C11H18BrNO2/c12-10-2-1-8(5-10)6-13-11(14)9-3-4-15-7-9/h8-10H,1-7H2,(H,13,14). The number of alkyl halides is 1. The number of ether oxygens (including phenoxy) is 1. The van der Waals surface area contributed by atoms with E-state index in [1.807, 2.05) is 0 Å². The summed E-state index contributed by atoms with van der Waals surface area (Å²) in [5.41, 5.74) is 0. The van der Waals surface area contributed by atoms with Crippen LogP contribution in [0.5, 0.6) is 0 Å². The molecule has 2 rings (SSSR count). The molecule has 0 radical (unpaired) electrons. The maximum Gasteiger partial charge on any atom is 0.225 e. The van der Waals surface area contributed by atoms with E-state index >= 15 is 0 Å². The van der Waals surface area contributed by atoms with E-state index in [1.165, 1.54) is 19.3 Å². The predicted octanol–water partition coefficient (Wildman–Crippen LogP) is 1.70. The molecule has 1 N–H and O–H groups in total. The summed E-state index contributed by atoms with van der Waals surface area (Å²) in [6.07, 6.45) is 4.56. The molecule has 0 aromatic rings. The Morgan fingerprint density at radius 2 is 2.27 bits per heavy atom. The number of halogens is 1. The Hall–Kier alpha value is -0.0900. The molecule has 15 heavy (non-hydrogen) atoms. The minimum Gasteiger partial charge on any atom is -0.381 e. The fraction of sp³-hybridized carbons (Fsp3) is 0.909. The predicted molar refractivity (Wildman–Crippen MR) is 62.0 cm³/mol. The van der Waals surface area contributed by atoms with Gasteiger partial charge in [-0.1, -0.05) is 15.9 Å². The Bertz CT molecular complexity index is 229. The molecule has 3 nitrogen and oxygen atoms in total. The van der Waals surface area contributed by atoms with Gasteiger partial charge in [0.05, 0.1) is 12.5 Å². The SMILES string of the molecule is O=C(NCC1CCC(Br)C1)C1CCOC1. The Labute approximate surface area is 99.1 Å². The first-order valence-corrected chi connectivity index (χ1v) is 6.67. The quantitative estimate of drug-likeness (QED) is 0.797. The highest BCUT2D eigenvalue weighted by atomic mass is 79.9. The maximum atomic E-state index is 11.7. The molecule has 2 aliphatic rings. The summed E-state index contributed by atoms with van der Waals surface area (Å²) in [7, 11) is 0. The van der Waals surface area contributed by atoms with Crippen molar-refractivity contribution in [1.82, 2.24) is 5.32 Å². The van der Waals surface area contributed by atoms with Crippen LogP contribution in [-0.4, -0.2) is 30.5 Å². The normalized spacial score (nSPS) is 35.7. The van der Waals surface area contributed by atoms with Crippen LogP contribution in [0.15, 0.2) is 0 Å². The van der Waals surface area contributed by atoms with Crippen LogP contribution < -0.4 is 5.32 Å². The van der Waals surface area contributed by atoms with Crippen molar-refractivity contribution in [3.63, 3.8) is 0 Å². The highest BCUT2D eigenvalue weighted by molar-refractivity contribution is 9.09. The van der Waals surface area contributed by atoms with Gasteiger partial charge in [-0.25, -0.2) is 0 Å². The van der Waals surface area contributed by atoms with Gasteiger partial charge in [-0.05, 0) is 31.6 Å². The van der Waals surface area contributed by atoms with Crippen molar-refractivity contribution in [2.75, 3.05) is 19.8 Å². The third kappa shape index (κ3) is 3.18. The first-order valence-electron chi connectivity index (χ1n) is 5.75. The van der Waals surface area contributed by atoms with Gasteiger partial charge in [-0.15, -0.1) is 0 Å². The number of nitrogens with one attached hydrogen (secondary N) is 1. The summed E-state index contributed by atoms with van der Waals surface area (Å²) in [6, 6.07) is 0. The molecular weight excluding hydrogens is 258 g/mol. The van der Waals surface area contributed by atoms with Crippen molar-refractivity contribution >= 4 is 21.8 Å². The molecule has 4 heteroatoms. The first-order chi connectivity index (χ1) is 7.25. The molecule has 0 aromatic carbocycles. The van der Waals surface area contributed by atoms with E-state index in [4.69, 9.17) is 4.74 Å². The molecule has 1 aliphatic carbocycles. The fourth-order valence-corrected chi connectivity index (χ4v) is 3.12. The number of carbonyl (C=O) groups excluding carboxylic acids is 1. The van der Waals surface area contributed by atoms with Gasteiger partial charge in [0.1, 0.15) is 0 Å². The summed E-state index contributed by atoms with van der Waals surface area (Å²) in [5, 5.41) is 3.05. The van der Waals surface area contributed by atoms with Gasteiger partial charge in [-0.2, -0.15) is 0 Å². The van der Waals surface area contributed by atoms with E-state index in [-0.39, 0.29) is 11.8 Å². The lowest BCUT2D eigenvalue weighted by Gasteiger charge is -2.13. The summed E-state index contributed by atoms with van der Waals surface area (Å²) < 4.78 is 5.20. The van der Waals surface area contributed by atoms with Crippen LogP contribution in [0.25, 0.3) is 0 Å². The van der Waals surface area contributed by atoms with E-state index in [0.29, 0.717) is 17.4 Å². The Balaban J connectivity index is 1.66. The number of rotatable bonds is 3. The van der Waals surface area contributed by atoms with Crippen LogP contribution in [-0.2, 0) is 9.53 Å². The summed E-state index contributed by atoms with van der Waals surface area (Å²) in [6.45, 7) is 2.19. The summed E-state index contributed by atoms with van der Waals surface area (Å²) in [4.78, 5) is 12.3. The third-order valence-electron chi connectivity index (χ3n) is 3.34. The second kappa shape index (κ2) is 5.30. The van der Waals surface area contributed by atoms with Crippen molar-refractivity contribution in [2.24, 2.45) is 11.8 Å². The van der Waals surface area contributed by atoms with Crippen LogP contribution in [0.2, 0.25) is 0 Å². The monoisotopic (exact) mass is 275 g/mol. The molecule has 1 amide bonds. The Morgan fingerprint density at radius 3 is 2.87 bits per heavy atom. The lowest BCUT2D eigenvalue weighted by atomic mass is 10.1. The summed E-state index contributed by atoms with van der Waals surface area (Å²) in [5.74, 6) is 0.956. The first kappa shape index (κ1) is 11.4. The average Bonchev–Trinajstić information content (AvgIpc) is 2.84. The number of carbonyl (C=O) groups is 1. The Kier molecular flexibility index (Phi) is 4.03. The van der Waals surface area contributed by atoms with Gasteiger partial charge < -0.3 is 10.1 Å². The van der Waals surface area contributed by atoms with Crippen molar-refractivity contribution in [3.8, 4) is 0 Å². The number of hydrogen-bond donors (Lipinski definition) is 1. The summed E-state index contributed by atoms with van der Waals surface area (Å²) >= 11 is 3.62. The lowest BCUT2D eigenvalue weighted by Crippen LogP contribution is -2.34. The largest absolute Gasteiger partial charge is 0.381 e. The molecule has 1 aliphatic heterocycles. The third-order valence-corrected chi connectivity index (χ3v) is 4.17. The molecule has 1 saturated carbocycles. The van der Waals surface area contributed by atoms with Gasteiger partial charge in [0, 0.05) is 18.0 Å². The smallest absolute Gasteiger partial charge is 0.225 e. The average molecular weight is 276 g/mol. The fourth-order valence-electron chi connectivity index (χ4n) is 2.33. The zero-order chi connectivity index (χ0) is 10.7. The Morgan fingerprint density at radius 1 is 1.40 bits per heavy atom. The molecule has 2 fully saturated rings. The van der Waals surface area contributed by atoms with E-state index in [0.717, 1.165) is 19.6 Å². The van der Waals surface area contributed by atoms with Crippen molar-refractivity contribution in [3.05, 3.63) is 0 Å². The van der Waals surface area contributed by atoms with E-state index in [1.54, 1.807) is 0 Å². The van der Waals surface area contributed by atoms with Crippen molar-refractivity contribution in [1.29, 1.82) is 0 Å². The minimum atomic E-state index is 0.103. The molecule has 1 saturated heterocycles. The number of amides is 1. The van der Waals surface area contributed by atoms with Crippen LogP contribution >= 0.6 is 15.9 Å². The zero-order valence-corrected chi connectivity index (χ0v) is 10.5. The molecule has 3 unspecified atom stereocenters. The van der Waals surface area contributed by atoms with Crippen LogP contribution in [0.4, 0.5) is 0 Å². The molecule has 86 valence electrons. The van der Waals surface area contributed by atoms with Crippen LogP contribution in [0, 0.1) is 11.8 Å². The minimum absolute atomic E-state index is 0.103. The zero-order valence-electron chi connectivity index (χ0n) is 8.88. The molecule has 1 heterocycles. The van der Waals surface area contributed by atoms with Crippen LogP contribution in [0.3, 0.4) is 0 Å². The lowest BCUT2D eigenvalue weighted by molar-refractivity contribution is -0.125. The second-order valence-electron chi connectivity index (χ2n) is 4.58. The highest BCUT2D eigenvalue weighted by Crippen LogP contribution is 2.30.